The molecule has 0 unspecified atom stereocenters. The van der Waals surface area contributed by atoms with Crippen molar-refractivity contribution in [1.82, 2.24) is 15.0 Å². The van der Waals surface area contributed by atoms with E-state index in [9.17, 15) is 13.2 Å². The molecule has 0 bridgehead atoms. The molecule has 2 N–H and O–H groups in total. The molecular weight excluding hydrogens is 395 g/mol. The van der Waals surface area contributed by atoms with Crippen LogP contribution in [0.3, 0.4) is 0 Å². The normalized spacial score (nSPS) is 17.2. The second-order valence-electron chi connectivity index (χ2n) is 6.96. The first-order valence-electron chi connectivity index (χ1n) is 8.81. The second kappa shape index (κ2) is 8.19. The number of benzene rings is 1. The van der Waals surface area contributed by atoms with E-state index in [1.54, 1.807) is 0 Å². The minimum absolute atomic E-state index is 0.240. The van der Waals surface area contributed by atoms with Crippen molar-refractivity contribution in [2.24, 2.45) is 0 Å². The van der Waals surface area contributed by atoms with E-state index >= 15 is 0 Å². The third kappa shape index (κ3) is 5.53. The molecule has 1 aliphatic heterocycles. The third-order valence-electron chi connectivity index (χ3n) is 4.58. The summed E-state index contributed by atoms with van der Waals surface area (Å²) in [5.41, 5.74) is 0.266. The highest BCUT2D eigenvalue weighted by atomic mass is 19.4. The fourth-order valence-corrected chi connectivity index (χ4v) is 2.83. The van der Waals surface area contributed by atoms with Crippen LogP contribution >= 0.6 is 0 Å². The predicted octanol–water partition coefficient (Wildman–Crippen LogP) is 2.72. The van der Waals surface area contributed by atoms with Crippen LogP contribution in [0.2, 0.25) is 0 Å². The standard InChI is InChI=1S/C16H16F3N3O.C2H2O4/c17-16(18,19)13-5-1-10(2-6-13)7-22-8-12(9-22)15-20-14(21-23-15)11-3-4-11;3-1(4)2(5)6/h1-2,5-6,11-12H,3-4,7-9H2;(H,3,4)(H,5,6). The molecule has 0 amide bonds. The molecule has 1 aliphatic carbocycles. The minimum Gasteiger partial charge on any atom is -0.473 e. The molecule has 8 nitrogen and oxygen atoms in total. The van der Waals surface area contributed by atoms with E-state index in [2.05, 4.69) is 15.0 Å². The molecule has 11 heteroatoms. The summed E-state index contributed by atoms with van der Waals surface area (Å²) in [7, 11) is 0. The number of hydrogen-bond donors (Lipinski definition) is 2. The fourth-order valence-electron chi connectivity index (χ4n) is 2.83. The van der Waals surface area contributed by atoms with Gasteiger partial charge in [-0.05, 0) is 30.5 Å². The Bertz CT molecular complexity index is 860. The monoisotopic (exact) mass is 413 g/mol. The lowest BCUT2D eigenvalue weighted by atomic mass is 9.99. The number of carbonyl (C=O) groups is 2. The van der Waals surface area contributed by atoms with Crippen molar-refractivity contribution in [1.29, 1.82) is 0 Å². The fraction of sp³-hybridized carbons (Fsp3) is 0.444. The van der Waals surface area contributed by atoms with Gasteiger partial charge in [-0.3, -0.25) is 4.90 Å². The number of carboxylic acids is 2. The van der Waals surface area contributed by atoms with E-state index in [0.29, 0.717) is 18.4 Å². The van der Waals surface area contributed by atoms with Crippen molar-refractivity contribution in [2.45, 2.75) is 37.4 Å². The lowest BCUT2D eigenvalue weighted by Gasteiger charge is -2.37. The van der Waals surface area contributed by atoms with E-state index in [0.717, 1.165) is 49.5 Å². The number of carboxylic acid groups (broad SMARTS) is 2. The lowest BCUT2D eigenvalue weighted by Crippen LogP contribution is -2.44. The molecule has 2 aliphatic rings. The van der Waals surface area contributed by atoms with Gasteiger partial charge in [0.05, 0.1) is 11.5 Å². The summed E-state index contributed by atoms with van der Waals surface area (Å²) in [4.78, 5) is 24.8. The van der Waals surface area contributed by atoms with Crippen LogP contribution in [0.25, 0.3) is 0 Å². The zero-order valence-electron chi connectivity index (χ0n) is 15.1. The summed E-state index contributed by atoms with van der Waals surface area (Å²) in [6, 6.07) is 5.33. The first kappa shape index (κ1) is 20.8. The van der Waals surface area contributed by atoms with Gasteiger partial charge in [-0.1, -0.05) is 17.3 Å². The Labute approximate surface area is 162 Å². The first-order chi connectivity index (χ1) is 13.6. The number of rotatable bonds is 4. The maximum Gasteiger partial charge on any atom is 0.416 e. The molecule has 4 rings (SSSR count). The van der Waals surface area contributed by atoms with E-state index in [1.807, 2.05) is 0 Å². The van der Waals surface area contributed by atoms with Gasteiger partial charge in [0, 0.05) is 25.6 Å². The van der Waals surface area contributed by atoms with E-state index < -0.39 is 23.7 Å². The Morgan fingerprint density at radius 2 is 1.66 bits per heavy atom. The van der Waals surface area contributed by atoms with Crippen LogP contribution in [0.4, 0.5) is 13.2 Å². The highest BCUT2D eigenvalue weighted by Crippen LogP contribution is 2.39. The largest absolute Gasteiger partial charge is 0.473 e. The van der Waals surface area contributed by atoms with Crippen molar-refractivity contribution in [3.8, 4) is 0 Å². The molecule has 0 spiro atoms. The first-order valence-corrected chi connectivity index (χ1v) is 8.81. The summed E-state index contributed by atoms with van der Waals surface area (Å²) in [6.45, 7) is 2.24. The second-order valence-corrected chi connectivity index (χ2v) is 6.96. The SMILES string of the molecule is FC(F)(F)c1ccc(CN2CC(c3nc(C4CC4)no3)C2)cc1.O=C(O)C(=O)O. The van der Waals surface area contributed by atoms with Crippen LogP contribution in [-0.4, -0.2) is 50.3 Å². The maximum absolute atomic E-state index is 12.5. The molecule has 29 heavy (non-hydrogen) atoms. The number of alkyl halides is 3. The zero-order chi connectivity index (χ0) is 21.2. The quantitative estimate of drug-likeness (QED) is 0.735. The number of hydrogen-bond acceptors (Lipinski definition) is 6. The lowest BCUT2D eigenvalue weighted by molar-refractivity contribution is -0.159. The van der Waals surface area contributed by atoms with Gasteiger partial charge in [-0.15, -0.1) is 0 Å². The molecule has 1 aromatic carbocycles. The number of nitrogens with zero attached hydrogens (tertiary/aromatic N) is 3. The van der Waals surface area contributed by atoms with Crippen LogP contribution in [-0.2, 0) is 22.3 Å². The molecule has 0 radical (unpaired) electrons. The molecular formula is C18H18F3N3O5. The van der Waals surface area contributed by atoms with Gasteiger partial charge in [0.1, 0.15) is 0 Å². The Balaban J connectivity index is 0.000000353. The Kier molecular flexibility index (Phi) is 5.87. The summed E-state index contributed by atoms with van der Waals surface area (Å²) >= 11 is 0. The van der Waals surface area contributed by atoms with Crippen molar-refractivity contribution in [3.05, 3.63) is 47.1 Å². The molecule has 2 aromatic rings. The van der Waals surface area contributed by atoms with Crippen LogP contribution in [0, 0.1) is 0 Å². The average Bonchev–Trinajstić information content (AvgIpc) is 3.36. The van der Waals surface area contributed by atoms with Gasteiger partial charge >= 0.3 is 18.1 Å². The summed E-state index contributed by atoms with van der Waals surface area (Å²) in [5.74, 6) is -1.41. The van der Waals surface area contributed by atoms with Crippen molar-refractivity contribution >= 4 is 11.9 Å². The van der Waals surface area contributed by atoms with Gasteiger partial charge in [0.15, 0.2) is 5.82 Å². The van der Waals surface area contributed by atoms with E-state index in [4.69, 9.17) is 24.3 Å². The van der Waals surface area contributed by atoms with Gasteiger partial charge in [0.2, 0.25) is 5.89 Å². The Morgan fingerprint density at radius 1 is 1.07 bits per heavy atom. The molecule has 1 aromatic heterocycles. The highest BCUT2D eigenvalue weighted by Gasteiger charge is 2.35. The van der Waals surface area contributed by atoms with Crippen molar-refractivity contribution < 1.29 is 37.5 Å². The smallest absolute Gasteiger partial charge is 0.416 e. The highest BCUT2D eigenvalue weighted by molar-refractivity contribution is 6.27. The molecule has 2 fully saturated rings. The number of aromatic nitrogens is 2. The van der Waals surface area contributed by atoms with E-state index in [-0.39, 0.29) is 5.92 Å². The molecule has 1 saturated heterocycles. The van der Waals surface area contributed by atoms with Crippen molar-refractivity contribution in [3.63, 3.8) is 0 Å². The number of likely N-dealkylation sites (tertiary alicyclic amines) is 1. The van der Waals surface area contributed by atoms with Crippen LogP contribution in [0.5, 0.6) is 0 Å². The van der Waals surface area contributed by atoms with Crippen LogP contribution in [0.15, 0.2) is 28.8 Å². The number of halogens is 3. The third-order valence-corrected chi connectivity index (χ3v) is 4.58. The number of aliphatic carboxylic acids is 2. The van der Waals surface area contributed by atoms with Crippen molar-refractivity contribution in [2.75, 3.05) is 13.1 Å². The van der Waals surface area contributed by atoms with Crippen LogP contribution < -0.4 is 0 Å². The molecule has 1 saturated carbocycles. The van der Waals surface area contributed by atoms with E-state index in [1.165, 1.54) is 12.1 Å². The topological polar surface area (TPSA) is 117 Å². The van der Waals surface area contributed by atoms with Gasteiger partial charge in [0.25, 0.3) is 0 Å². The molecule has 0 atom stereocenters. The summed E-state index contributed by atoms with van der Waals surface area (Å²) in [6.07, 6.45) is -2.00. The average molecular weight is 413 g/mol. The van der Waals surface area contributed by atoms with Gasteiger partial charge < -0.3 is 14.7 Å². The van der Waals surface area contributed by atoms with Gasteiger partial charge in [-0.25, -0.2) is 9.59 Å². The molecule has 156 valence electrons. The minimum atomic E-state index is -4.28. The maximum atomic E-state index is 12.5. The Hall–Kier alpha value is -2.95. The van der Waals surface area contributed by atoms with Crippen LogP contribution in [0.1, 0.15) is 47.5 Å². The van der Waals surface area contributed by atoms with Gasteiger partial charge in [-0.2, -0.15) is 18.2 Å². The molecule has 2 heterocycles. The summed E-state index contributed by atoms with van der Waals surface area (Å²) < 4.78 is 42.9. The summed E-state index contributed by atoms with van der Waals surface area (Å²) in [5, 5.41) is 18.8. The zero-order valence-corrected chi connectivity index (χ0v) is 15.1. The predicted molar refractivity (Wildman–Crippen MR) is 91.0 cm³/mol. The Morgan fingerprint density at radius 3 is 2.14 bits per heavy atom.